The molecule has 1 aliphatic rings. The van der Waals surface area contributed by atoms with Gasteiger partial charge < -0.3 is 9.42 Å². The van der Waals surface area contributed by atoms with Crippen LogP contribution in [-0.4, -0.2) is 27.5 Å². The summed E-state index contributed by atoms with van der Waals surface area (Å²) in [4.78, 5) is 19.7. The maximum atomic E-state index is 12.9. The van der Waals surface area contributed by atoms with Gasteiger partial charge in [0.25, 0.3) is 5.91 Å². The summed E-state index contributed by atoms with van der Waals surface area (Å²) in [5.74, 6) is 0.671. The van der Waals surface area contributed by atoms with Crippen LogP contribution in [0.3, 0.4) is 0 Å². The highest BCUT2D eigenvalue weighted by Crippen LogP contribution is 2.33. The Balaban J connectivity index is 1.67. The van der Waals surface area contributed by atoms with Gasteiger partial charge in [0.15, 0.2) is 5.82 Å². The molecular formula is C16H15N3O2S. The van der Waals surface area contributed by atoms with E-state index < -0.39 is 0 Å². The molecule has 1 unspecified atom stereocenters. The highest BCUT2D eigenvalue weighted by molar-refractivity contribution is 7.20. The fourth-order valence-corrected chi connectivity index (χ4v) is 4.02. The molecule has 1 amide bonds. The van der Waals surface area contributed by atoms with Crippen LogP contribution >= 0.6 is 11.3 Å². The van der Waals surface area contributed by atoms with Gasteiger partial charge >= 0.3 is 0 Å². The highest BCUT2D eigenvalue weighted by Gasteiger charge is 2.32. The Labute approximate surface area is 131 Å². The second-order valence-corrected chi connectivity index (χ2v) is 6.53. The Morgan fingerprint density at radius 2 is 2.23 bits per heavy atom. The van der Waals surface area contributed by atoms with Crippen LogP contribution in [0.15, 0.2) is 41.2 Å². The average Bonchev–Trinajstić information content (AvgIpc) is 3.23. The zero-order chi connectivity index (χ0) is 14.9. The lowest BCUT2D eigenvalue weighted by molar-refractivity contribution is 0.0602. The molecule has 6 heteroatoms. The lowest BCUT2D eigenvalue weighted by atomic mass is 10.0. The van der Waals surface area contributed by atoms with Gasteiger partial charge in [0, 0.05) is 11.2 Å². The number of hydrogen-bond donors (Lipinski definition) is 0. The molecule has 3 heterocycles. The third-order valence-electron chi connectivity index (χ3n) is 4.08. The van der Waals surface area contributed by atoms with Gasteiger partial charge in [0.1, 0.15) is 0 Å². The fourth-order valence-electron chi connectivity index (χ4n) is 3.00. The Kier molecular flexibility index (Phi) is 3.38. The monoisotopic (exact) mass is 313 g/mol. The molecule has 1 atom stereocenters. The summed E-state index contributed by atoms with van der Waals surface area (Å²) in [7, 11) is 0. The number of carbonyl (C=O) groups excluding carboxylic acids is 1. The summed E-state index contributed by atoms with van der Waals surface area (Å²) in [5, 5.41) is 5.05. The van der Waals surface area contributed by atoms with Gasteiger partial charge in [-0.05, 0) is 36.8 Å². The van der Waals surface area contributed by atoms with Crippen molar-refractivity contribution < 1.29 is 9.32 Å². The molecule has 22 heavy (non-hydrogen) atoms. The number of nitrogens with zero attached hydrogens (tertiary/aromatic N) is 3. The molecule has 2 aromatic heterocycles. The Bertz CT molecular complexity index is 764. The smallest absolute Gasteiger partial charge is 0.264 e. The summed E-state index contributed by atoms with van der Waals surface area (Å²) in [6, 6.07) is 9.97. The molecule has 1 aliphatic heterocycles. The maximum Gasteiger partial charge on any atom is 0.264 e. The van der Waals surface area contributed by atoms with Crippen molar-refractivity contribution >= 4 is 27.3 Å². The third-order valence-corrected chi connectivity index (χ3v) is 5.18. The summed E-state index contributed by atoms with van der Waals surface area (Å²) < 4.78 is 5.99. The van der Waals surface area contributed by atoms with Gasteiger partial charge in [0.05, 0.1) is 10.9 Å². The number of aromatic nitrogens is 2. The highest BCUT2D eigenvalue weighted by atomic mass is 32.1. The third kappa shape index (κ3) is 2.29. The van der Waals surface area contributed by atoms with Crippen LogP contribution in [0.4, 0.5) is 0 Å². The largest absolute Gasteiger partial charge is 0.343 e. The summed E-state index contributed by atoms with van der Waals surface area (Å²) >= 11 is 1.54. The van der Waals surface area contributed by atoms with Crippen LogP contribution in [-0.2, 0) is 0 Å². The fraction of sp³-hybridized carbons (Fsp3) is 0.312. The van der Waals surface area contributed by atoms with E-state index in [0.29, 0.717) is 5.82 Å². The van der Waals surface area contributed by atoms with Gasteiger partial charge in [-0.3, -0.25) is 4.79 Å². The molecule has 0 spiro atoms. The number of likely N-dealkylation sites (tertiary alicyclic amines) is 1. The van der Waals surface area contributed by atoms with Crippen LogP contribution in [0.1, 0.15) is 40.8 Å². The summed E-state index contributed by atoms with van der Waals surface area (Å²) in [5.41, 5.74) is 0. The lowest BCUT2D eigenvalue weighted by Gasteiger charge is -2.33. The number of hydrogen-bond acceptors (Lipinski definition) is 5. The Morgan fingerprint density at radius 3 is 3.05 bits per heavy atom. The van der Waals surface area contributed by atoms with Crippen LogP contribution in [0.2, 0.25) is 0 Å². The first-order chi connectivity index (χ1) is 10.8. The molecule has 1 fully saturated rings. The predicted octanol–water partition coefficient (Wildman–Crippen LogP) is 3.65. The maximum absolute atomic E-state index is 12.9. The first kappa shape index (κ1) is 13.5. The SMILES string of the molecule is O=C(c1cc2ccccc2s1)N1CCCCC1c1ncon1. The minimum Gasteiger partial charge on any atom is -0.343 e. The molecule has 1 saturated heterocycles. The van der Waals surface area contributed by atoms with Crippen LogP contribution in [0.5, 0.6) is 0 Å². The van der Waals surface area contributed by atoms with E-state index in [1.165, 1.54) is 6.39 Å². The number of amides is 1. The first-order valence-electron chi connectivity index (χ1n) is 7.39. The quantitative estimate of drug-likeness (QED) is 0.724. The summed E-state index contributed by atoms with van der Waals surface area (Å²) in [6.07, 6.45) is 4.31. The number of piperidine rings is 1. The Hall–Kier alpha value is -2.21. The van der Waals surface area contributed by atoms with E-state index in [0.717, 1.165) is 40.8 Å². The standard InChI is InChI=1S/C16H15N3O2S/c20-16(14-9-11-5-1-2-7-13(11)22-14)19-8-4-3-6-12(19)15-17-10-21-18-15/h1-2,5,7,9-10,12H,3-4,6,8H2. The Morgan fingerprint density at radius 1 is 1.32 bits per heavy atom. The molecule has 1 aromatic carbocycles. The van der Waals surface area contributed by atoms with Crippen molar-refractivity contribution in [2.45, 2.75) is 25.3 Å². The predicted molar refractivity (Wildman–Crippen MR) is 83.8 cm³/mol. The van der Waals surface area contributed by atoms with Crippen molar-refractivity contribution in [1.82, 2.24) is 15.0 Å². The van der Waals surface area contributed by atoms with E-state index in [1.807, 2.05) is 35.2 Å². The van der Waals surface area contributed by atoms with Crippen LogP contribution in [0.25, 0.3) is 10.1 Å². The van der Waals surface area contributed by atoms with Gasteiger partial charge in [-0.1, -0.05) is 23.4 Å². The zero-order valence-electron chi connectivity index (χ0n) is 11.9. The van der Waals surface area contributed by atoms with Gasteiger partial charge in [-0.15, -0.1) is 11.3 Å². The first-order valence-corrected chi connectivity index (χ1v) is 8.20. The van der Waals surface area contributed by atoms with E-state index in [2.05, 4.69) is 10.1 Å². The van der Waals surface area contributed by atoms with Crippen LogP contribution in [0, 0.1) is 0 Å². The van der Waals surface area contributed by atoms with E-state index >= 15 is 0 Å². The zero-order valence-corrected chi connectivity index (χ0v) is 12.8. The normalized spacial score (nSPS) is 18.7. The number of thiophene rings is 1. The van der Waals surface area contributed by atoms with Gasteiger partial charge in [-0.25, -0.2) is 0 Å². The average molecular weight is 313 g/mol. The van der Waals surface area contributed by atoms with Gasteiger partial charge in [-0.2, -0.15) is 4.98 Å². The molecule has 0 radical (unpaired) electrons. The summed E-state index contributed by atoms with van der Waals surface area (Å²) in [6.45, 7) is 0.742. The number of fused-ring (bicyclic) bond motifs is 1. The number of benzene rings is 1. The van der Waals surface area contributed by atoms with Crippen molar-refractivity contribution in [1.29, 1.82) is 0 Å². The molecule has 112 valence electrons. The molecule has 0 aliphatic carbocycles. The minimum atomic E-state index is -0.0785. The number of carbonyl (C=O) groups is 1. The van der Waals surface area contributed by atoms with E-state index in [-0.39, 0.29) is 11.9 Å². The van der Waals surface area contributed by atoms with E-state index in [4.69, 9.17) is 4.52 Å². The topological polar surface area (TPSA) is 59.2 Å². The lowest BCUT2D eigenvalue weighted by Crippen LogP contribution is -2.38. The molecule has 4 rings (SSSR count). The van der Waals surface area contributed by atoms with E-state index in [9.17, 15) is 4.79 Å². The van der Waals surface area contributed by atoms with Crippen molar-refractivity contribution in [2.24, 2.45) is 0 Å². The van der Waals surface area contributed by atoms with Crippen molar-refractivity contribution in [2.75, 3.05) is 6.54 Å². The second-order valence-electron chi connectivity index (χ2n) is 5.45. The molecule has 3 aromatic rings. The second kappa shape index (κ2) is 5.53. The van der Waals surface area contributed by atoms with E-state index in [1.54, 1.807) is 11.3 Å². The minimum absolute atomic E-state index is 0.0655. The molecule has 0 N–H and O–H groups in total. The molecule has 5 nitrogen and oxygen atoms in total. The molecular weight excluding hydrogens is 298 g/mol. The molecule has 0 bridgehead atoms. The van der Waals surface area contributed by atoms with Gasteiger partial charge in [0.2, 0.25) is 6.39 Å². The molecule has 0 saturated carbocycles. The van der Waals surface area contributed by atoms with Crippen molar-refractivity contribution in [3.8, 4) is 0 Å². The van der Waals surface area contributed by atoms with Crippen molar-refractivity contribution in [3.05, 3.63) is 47.4 Å². The van der Waals surface area contributed by atoms with Crippen LogP contribution < -0.4 is 0 Å². The van der Waals surface area contributed by atoms with Crippen molar-refractivity contribution in [3.63, 3.8) is 0 Å². The number of rotatable bonds is 2.